The molecule has 2 aromatic carbocycles. The minimum absolute atomic E-state index is 0.00764. The van der Waals surface area contributed by atoms with Gasteiger partial charge in [0.2, 0.25) is 21.8 Å². The molecule has 0 saturated carbocycles. The first-order chi connectivity index (χ1) is 19.7. The van der Waals surface area contributed by atoms with Gasteiger partial charge >= 0.3 is 18.3 Å². The molecule has 0 heterocycles. The number of benzene rings is 2. The normalized spacial score (nSPS) is 12.4. The number of alkyl halides is 6. The number of hydrogen-bond acceptors (Lipinski definition) is 7. The maximum Gasteiger partial charge on any atom is 0.490 e. The predicted molar refractivity (Wildman–Crippen MR) is 139 cm³/mol. The molecule has 0 bridgehead atoms. The van der Waals surface area contributed by atoms with Gasteiger partial charge in [-0.15, -0.1) is 0 Å². The van der Waals surface area contributed by atoms with E-state index in [9.17, 15) is 44.3 Å². The van der Waals surface area contributed by atoms with Gasteiger partial charge in [-0.2, -0.15) is 26.3 Å². The molecule has 1 unspecified atom stereocenters. The first-order valence-electron chi connectivity index (χ1n) is 11.7. The Morgan fingerprint density at radius 2 is 1.58 bits per heavy atom. The molecule has 2 aromatic rings. The highest BCUT2D eigenvalue weighted by molar-refractivity contribution is 7.89. The van der Waals surface area contributed by atoms with Crippen LogP contribution in [0.1, 0.15) is 36.1 Å². The maximum atomic E-state index is 13.6. The van der Waals surface area contributed by atoms with Crippen molar-refractivity contribution in [3.63, 3.8) is 0 Å². The van der Waals surface area contributed by atoms with Crippen LogP contribution in [-0.2, 0) is 35.3 Å². The minimum atomic E-state index is -5.08. The van der Waals surface area contributed by atoms with Crippen LogP contribution in [0.3, 0.4) is 0 Å². The molecule has 2 rings (SSSR count). The molecule has 1 atom stereocenters. The van der Waals surface area contributed by atoms with Gasteiger partial charge in [0.1, 0.15) is 12.3 Å². The lowest BCUT2D eigenvalue weighted by Gasteiger charge is -2.19. The number of hydrogen-bond donors (Lipinski definition) is 6. The Kier molecular flexibility index (Phi) is 13.1. The number of aliphatic carboxylic acids is 1. The number of rotatable bonds is 11. The second kappa shape index (κ2) is 15.3. The number of carbonyl (C=O) groups excluding carboxylic acids is 2. The molecular formula is C24H27F6N5O7S. The number of amidine groups is 1. The summed E-state index contributed by atoms with van der Waals surface area (Å²) in [5.41, 5.74) is 4.76. The van der Waals surface area contributed by atoms with Gasteiger partial charge in [-0.25, -0.2) is 17.9 Å². The van der Waals surface area contributed by atoms with Gasteiger partial charge in [0.15, 0.2) is 0 Å². The van der Waals surface area contributed by atoms with E-state index in [1.54, 1.807) is 0 Å². The minimum Gasteiger partial charge on any atom is -0.475 e. The second-order valence-electron chi connectivity index (χ2n) is 8.45. The Labute approximate surface area is 241 Å². The van der Waals surface area contributed by atoms with Crippen LogP contribution < -0.4 is 21.1 Å². The fourth-order valence-electron chi connectivity index (χ4n) is 3.09. The van der Waals surface area contributed by atoms with Crippen LogP contribution in [0.15, 0.2) is 47.4 Å². The number of carbonyl (C=O) groups is 3. The number of nitrogen functional groups attached to an aromatic ring is 1. The highest BCUT2D eigenvalue weighted by Crippen LogP contribution is 2.36. The van der Waals surface area contributed by atoms with Crippen LogP contribution in [0.25, 0.3) is 0 Å². The SMILES string of the molecule is COCCNS(=O)(=O)c1ccc(C(C)NC(=O)CC(=O)Nc2ccc(C(=N)N)cc2)cc1C(F)(F)F.O=C(O)C(F)(F)F. The molecule has 0 aromatic heterocycles. The highest BCUT2D eigenvalue weighted by Gasteiger charge is 2.39. The summed E-state index contributed by atoms with van der Waals surface area (Å²) in [4.78, 5) is 32.3. The molecule has 0 aliphatic rings. The lowest BCUT2D eigenvalue weighted by atomic mass is 10.0. The van der Waals surface area contributed by atoms with Crippen molar-refractivity contribution in [1.29, 1.82) is 5.41 Å². The number of anilines is 1. The Bertz CT molecular complexity index is 1420. The van der Waals surface area contributed by atoms with Gasteiger partial charge < -0.3 is 26.2 Å². The van der Waals surface area contributed by atoms with Gasteiger partial charge in [-0.3, -0.25) is 15.0 Å². The molecule has 2 amide bonds. The van der Waals surface area contributed by atoms with E-state index in [1.807, 2.05) is 4.72 Å². The van der Waals surface area contributed by atoms with Crippen molar-refractivity contribution >= 4 is 39.3 Å². The molecule has 43 heavy (non-hydrogen) atoms. The fraction of sp³-hybridized carbons (Fsp3) is 0.333. The largest absolute Gasteiger partial charge is 0.490 e. The van der Waals surface area contributed by atoms with Crippen LogP contribution in [0.2, 0.25) is 0 Å². The van der Waals surface area contributed by atoms with Crippen molar-refractivity contribution in [2.45, 2.75) is 36.6 Å². The molecule has 12 nitrogen and oxygen atoms in total. The zero-order chi connectivity index (χ0) is 33.2. The van der Waals surface area contributed by atoms with Crippen LogP contribution in [0.5, 0.6) is 0 Å². The molecule has 7 N–H and O–H groups in total. The van der Waals surface area contributed by atoms with Crippen LogP contribution >= 0.6 is 0 Å². The number of halogens is 6. The van der Waals surface area contributed by atoms with Crippen molar-refractivity contribution in [2.75, 3.05) is 25.6 Å². The summed E-state index contributed by atoms with van der Waals surface area (Å²) in [6.45, 7) is 1.16. The molecule has 0 aliphatic heterocycles. The Morgan fingerprint density at radius 1 is 1.02 bits per heavy atom. The van der Waals surface area contributed by atoms with E-state index in [-0.39, 0.29) is 24.6 Å². The Balaban J connectivity index is 0.00000117. The van der Waals surface area contributed by atoms with Crippen molar-refractivity contribution in [3.05, 3.63) is 59.2 Å². The van der Waals surface area contributed by atoms with E-state index >= 15 is 0 Å². The smallest absolute Gasteiger partial charge is 0.475 e. The summed E-state index contributed by atoms with van der Waals surface area (Å²) in [5.74, 6) is -4.34. The standard InChI is InChI=1S/C22H26F3N5O5S.C2HF3O2/c1-13(29-19(31)12-20(32)30-16-6-3-14(4-7-16)21(26)27)15-5-8-18(17(11-15)22(23,24)25)36(33,34)28-9-10-35-2;3-2(4,5)1(6)7/h3-8,11,13,28H,9-10,12H2,1-2H3,(H3,26,27)(H,29,31)(H,30,32);(H,6,7). The van der Waals surface area contributed by atoms with Crippen LogP contribution in [-0.4, -0.2) is 63.6 Å². The van der Waals surface area contributed by atoms with Gasteiger partial charge in [-0.1, -0.05) is 6.07 Å². The Morgan fingerprint density at radius 3 is 2.05 bits per heavy atom. The number of sulfonamides is 1. The van der Waals surface area contributed by atoms with E-state index in [1.165, 1.54) is 38.3 Å². The first kappa shape index (κ1) is 36.8. The lowest BCUT2D eigenvalue weighted by Crippen LogP contribution is -2.31. The average Bonchev–Trinajstić information content (AvgIpc) is 2.87. The van der Waals surface area contributed by atoms with E-state index in [0.717, 1.165) is 12.1 Å². The average molecular weight is 644 g/mol. The van der Waals surface area contributed by atoms with Crippen molar-refractivity contribution in [2.24, 2.45) is 5.73 Å². The highest BCUT2D eigenvalue weighted by atomic mass is 32.2. The number of nitrogens with one attached hydrogen (secondary N) is 4. The van der Waals surface area contributed by atoms with E-state index in [0.29, 0.717) is 17.3 Å². The van der Waals surface area contributed by atoms with E-state index < -0.39 is 63.1 Å². The number of amides is 2. The maximum absolute atomic E-state index is 13.6. The summed E-state index contributed by atoms with van der Waals surface area (Å²) >= 11 is 0. The quantitative estimate of drug-likeness (QED) is 0.0706. The summed E-state index contributed by atoms with van der Waals surface area (Å²) in [6, 6.07) is 7.66. The van der Waals surface area contributed by atoms with Crippen LogP contribution in [0, 0.1) is 5.41 Å². The topological polar surface area (TPSA) is 201 Å². The molecule has 238 valence electrons. The molecule has 19 heteroatoms. The predicted octanol–water partition coefficient (Wildman–Crippen LogP) is 2.75. The van der Waals surface area contributed by atoms with Gasteiger partial charge in [0.05, 0.1) is 23.1 Å². The fourth-order valence-corrected chi connectivity index (χ4v) is 4.31. The molecule has 0 fully saturated rings. The second-order valence-corrected chi connectivity index (χ2v) is 10.2. The molecule has 0 aliphatic carbocycles. The summed E-state index contributed by atoms with van der Waals surface area (Å²) < 4.78 is 104. The first-order valence-corrected chi connectivity index (χ1v) is 13.2. The van der Waals surface area contributed by atoms with Gasteiger partial charge in [-0.05, 0) is 48.9 Å². The Hall–Kier alpha value is -4.23. The number of ether oxygens (including phenoxy) is 1. The zero-order valence-electron chi connectivity index (χ0n) is 22.4. The third kappa shape index (κ3) is 12.3. The van der Waals surface area contributed by atoms with Gasteiger partial charge in [0.25, 0.3) is 0 Å². The van der Waals surface area contributed by atoms with E-state index in [2.05, 4.69) is 10.6 Å². The lowest BCUT2D eigenvalue weighted by molar-refractivity contribution is -0.192. The number of nitrogens with two attached hydrogens (primary N) is 1. The number of carboxylic acid groups (broad SMARTS) is 1. The molecular weight excluding hydrogens is 616 g/mol. The third-order valence-electron chi connectivity index (χ3n) is 5.12. The molecule has 0 spiro atoms. The van der Waals surface area contributed by atoms with Crippen molar-refractivity contribution < 1.29 is 59.0 Å². The monoisotopic (exact) mass is 643 g/mol. The van der Waals surface area contributed by atoms with Crippen molar-refractivity contribution in [3.8, 4) is 0 Å². The number of methoxy groups -OCH3 is 1. The summed E-state index contributed by atoms with van der Waals surface area (Å²) in [5, 5.41) is 19.4. The number of carboxylic acids is 1. The van der Waals surface area contributed by atoms with Crippen molar-refractivity contribution in [1.82, 2.24) is 10.0 Å². The van der Waals surface area contributed by atoms with Gasteiger partial charge in [0, 0.05) is 24.9 Å². The van der Waals surface area contributed by atoms with Crippen LogP contribution in [0.4, 0.5) is 32.0 Å². The molecule has 0 saturated heterocycles. The summed E-state index contributed by atoms with van der Waals surface area (Å²) in [7, 11) is -3.16. The third-order valence-corrected chi connectivity index (χ3v) is 6.64. The zero-order valence-corrected chi connectivity index (χ0v) is 23.2. The summed E-state index contributed by atoms with van der Waals surface area (Å²) in [6.07, 6.45) is -10.7. The molecule has 0 radical (unpaired) electrons. The van der Waals surface area contributed by atoms with E-state index in [4.69, 9.17) is 25.8 Å².